The standard InChI is InChI=1S/C28H30N2O3/c1-19-7-6-10-21(15-19)24-17-30-14-13-23-22(11-12-27(32-2)28(23)31)26(30)16-25(24)29-33-18-20-8-4-3-5-9-20/h3-12,15-16,24,26,29,31H,13-14,17-18H2,1-2H3/t24-,26+/m1/s1. The summed E-state index contributed by atoms with van der Waals surface area (Å²) in [5.41, 5.74) is 10.1. The number of nitrogens with one attached hydrogen (secondary N) is 1. The van der Waals surface area contributed by atoms with Crippen LogP contribution < -0.4 is 10.2 Å². The highest BCUT2D eigenvalue weighted by atomic mass is 16.6. The molecule has 0 saturated heterocycles. The van der Waals surface area contributed by atoms with Crippen molar-refractivity contribution >= 4 is 0 Å². The third kappa shape index (κ3) is 4.34. The average molecular weight is 443 g/mol. The molecule has 2 N–H and O–H groups in total. The molecule has 170 valence electrons. The number of hydrogen-bond acceptors (Lipinski definition) is 5. The molecular weight excluding hydrogens is 412 g/mol. The monoisotopic (exact) mass is 442 g/mol. The van der Waals surface area contributed by atoms with Crippen molar-refractivity contribution < 1.29 is 14.7 Å². The zero-order valence-corrected chi connectivity index (χ0v) is 19.1. The Morgan fingerprint density at radius 2 is 1.91 bits per heavy atom. The van der Waals surface area contributed by atoms with Crippen LogP contribution in [-0.4, -0.2) is 30.2 Å². The number of phenolic OH excluding ortho intramolecular Hbond substituents is 1. The van der Waals surface area contributed by atoms with E-state index in [9.17, 15) is 5.11 Å². The Kier molecular flexibility index (Phi) is 6.07. The quantitative estimate of drug-likeness (QED) is 0.526. The number of nitrogens with zero attached hydrogens (tertiary/aromatic N) is 1. The van der Waals surface area contributed by atoms with Crippen molar-refractivity contribution in [2.45, 2.75) is 31.9 Å². The van der Waals surface area contributed by atoms with E-state index in [0.29, 0.717) is 12.4 Å². The third-order valence-corrected chi connectivity index (χ3v) is 6.71. The Morgan fingerprint density at radius 3 is 2.70 bits per heavy atom. The van der Waals surface area contributed by atoms with Gasteiger partial charge in [-0.05, 0) is 42.2 Å². The molecule has 0 radical (unpaired) electrons. The molecule has 5 nitrogen and oxygen atoms in total. The Balaban J connectivity index is 1.47. The van der Waals surface area contributed by atoms with E-state index in [1.807, 2.05) is 24.3 Å². The van der Waals surface area contributed by atoms with Crippen molar-refractivity contribution in [1.29, 1.82) is 0 Å². The minimum Gasteiger partial charge on any atom is -0.504 e. The molecule has 0 spiro atoms. The summed E-state index contributed by atoms with van der Waals surface area (Å²) in [5.74, 6) is 0.980. The number of benzene rings is 3. The van der Waals surface area contributed by atoms with Gasteiger partial charge in [0.2, 0.25) is 0 Å². The fourth-order valence-electron chi connectivity index (χ4n) is 5.00. The van der Waals surface area contributed by atoms with Crippen molar-refractivity contribution in [3.63, 3.8) is 0 Å². The summed E-state index contributed by atoms with van der Waals surface area (Å²) in [6.07, 6.45) is 3.06. The maximum Gasteiger partial charge on any atom is 0.161 e. The SMILES string of the molecule is COc1ccc2c(c1O)CCN1C[C@H](c3cccc(C)c3)C(NOCc3ccccc3)=C[C@@H]21. The van der Waals surface area contributed by atoms with E-state index in [0.717, 1.165) is 41.9 Å². The molecule has 0 amide bonds. The Morgan fingerprint density at radius 1 is 1.06 bits per heavy atom. The van der Waals surface area contributed by atoms with Gasteiger partial charge in [-0.2, -0.15) is 0 Å². The predicted molar refractivity (Wildman–Crippen MR) is 129 cm³/mol. The molecule has 5 heteroatoms. The lowest BCUT2D eigenvalue weighted by Gasteiger charge is -2.42. The van der Waals surface area contributed by atoms with E-state index in [4.69, 9.17) is 9.57 Å². The Labute approximate surface area is 195 Å². The topological polar surface area (TPSA) is 54.0 Å². The number of phenols is 1. The summed E-state index contributed by atoms with van der Waals surface area (Å²) in [6.45, 7) is 4.38. The second-order valence-electron chi connectivity index (χ2n) is 8.84. The van der Waals surface area contributed by atoms with E-state index in [-0.39, 0.29) is 17.7 Å². The van der Waals surface area contributed by atoms with Crippen LogP contribution in [0.3, 0.4) is 0 Å². The van der Waals surface area contributed by atoms with E-state index in [1.54, 1.807) is 7.11 Å². The van der Waals surface area contributed by atoms with Crippen molar-refractivity contribution in [1.82, 2.24) is 10.4 Å². The molecule has 3 aromatic carbocycles. The zero-order chi connectivity index (χ0) is 22.8. The van der Waals surface area contributed by atoms with E-state index in [1.165, 1.54) is 11.1 Å². The largest absolute Gasteiger partial charge is 0.504 e. The molecule has 0 fully saturated rings. The Hall–Kier alpha value is -3.28. The van der Waals surface area contributed by atoms with Gasteiger partial charge in [-0.25, -0.2) is 0 Å². The first-order valence-electron chi connectivity index (χ1n) is 11.5. The molecule has 2 aliphatic heterocycles. The van der Waals surface area contributed by atoms with E-state index < -0.39 is 0 Å². The zero-order valence-electron chi connectivity index (χ0n) is 19.1. The number of methoxy groups -OCH3 is 1. The summed E-state index contributed by atoms with van der Waals surface area (Å²) >= 11 is 0. The second-order valence-corrected chi connectivity index (χ2v) is 8.84. The molecule has 2 aliphatic rings. The van der Waals surface area contributed by atoms with Crippen molar-refractivity contribution in [2.24, 2.45) is 0 Å². The minimum atomic E-state index is 0.0782. The first-order valence-corrected chi connectivity index (χ1v) is 11.5. The highest BCUT2D eigenvalue weighted by Crippen LogP contribution is 2.44. The van der Waals surface area contributed by atoms with Gasteiger partial charge in [0, 0.05) is 30.3 Å². The van der Waals surface area contributed by atoms with Crippen LogP contribution in [0.4, 0.5) is 0 Å². The molecule has 0 bridgehead atoms. The molecule has 3 aromatic rings. The van der Waals surface area contributed by atoms with Crippen LogP contribution in [0.1, 0.15) is 39.8 Å². The fraction of sp³-hybridized carbons (Fsp3) is 0.286. The summed E-state index contributed by atoms with van der Waals surface area (Å²) in [6, 6.07) is 22.9. The van der Waals surface area contributed by atoms with Crippen LogP contribution in [0.5, 0.6) is 11.5 Å². The number of ether oxygens (including phenoxy) is 1. The van der Waals surface area contributed by atoms with Gasteiger partial charge in [0.15, 0.2) is 11.5 Å². The summed E-state index contributed by atoms with van der Waals surface area (Å²) in [5, 5.41) is 10.7. The highest BCUT2D eigenvalue weighted by molar-refractivity contribution is 5.53. The van der Waals surface area contributed by atoms with Crippen LogP contribution in [0.25, 0.3) is 0 Å². The first-order chi connectivity index (χ1) is 16.1. The number of fused-ring (bicyclic) bond motifs is 3. The lowest BCUT2D eigenvalue weighted by Crippen LogP contribution is -2.43. The van der Waals surface area contributed by atoms with Crippen molar-refractivity contribution in [2.75, 3.05) is 20.2 Å². The number of hydroxylamine groups is 1. The highest BCUT2D eigenvalue weighted by Gasteiger charge is 2.36. The number of aromatic hydroxyl groups is 1. The van der Waals surface area contributed by atoms with Crippen molar-refractivity contribution in [3.8, 4) is 11.5 Å². The molecule has 0 saturated carbocycles. The normalized spacial score (nSPS) is 19.9. The van der Waals surface area contributed by atoms with Crippen molar-refractivity contribution in [3.05, 3.63) is 106 Å². The Bertz CT molecular complexity index is 1160. The van der Waals surface area contributed by atoms with Crippen LogP contribution in [-0.2, 0) is 17.9 Å². The number of aryl methyl sites for hydroxylation is 1. The van der Waals surface area contributed by atoms with Crippen LogP contribution in [0, 0.1) is 6.92 Å². The first kappa shape index (κ1) is 21.6. The second kappa shape index (κ2) is 9.30. The van der Waals surface area contributed by atoms with Gasteiger partial charge < -0.3 is 9.84 Å². The smallest absolute Gasteiger partial charge is 0.161 e. The molecule has 5 rings (SSSR count). The lowest BCUT2D eigenvalue weighted by molar-refractivity contribution is 0.0386. The van der Waals surface area contributed by atoms with Crippen LogP contribution in [0.15, 0.2) is 78.5 Å². The van der Waals surface area contributed by atoms with Gasteiger partial charge in [-0.3, -0.25) is 15.2 Å². The summed E-state index contributed by atoms with van der Waals surface area (Å²) < 4.78 is 5.34. The fourth-order valence-corrected chi connectivity index (χ4v) is 5.00. The maximum atomic E-state index is 10.7. The van der Waals surface area contributed by atoms with Crippen LogP contribution >= 0.6 is 0 Å². The average Bonchev–Trinajstić information content (AvgIpc) is 2.84. The molecular formula is C28H30N2O3. The number of rotatable bonds is 6. The molecule has 0 aromatic heterocycles. The van der Waals surface area contributed by atoms with Gasteiger partial charge in [0.1, 0.15) is 0 Å². The molecule has 2 heterocycles. The molecule has 33 heavy (non-hydrogen) atoms. The molecule has 0 aliphatic carbocycles. The van der Waals surface area contributed by atoms with Gasteiger partial charge in [0.25, 0.3) is 0 Å². The number of hydrogen-bond donors (Lipinski definition) is 2. The minimum absolute atomic E-state index is 0.0782. The molecule has 0 unspecified atom stereocenters. The van der Waals surface area contributed by atoms with Gasteiger partial charge >= 0.3 is 0 Å². The van der Waals surface area contributed by atoms with Gasteiger partial charge in [-0.15, -0.1) is 0 Å². The lowest BCUT2D eigenvalue weighted by atomic mass is 9.83. The third-order valence-electron chi connectivity index (χ3n) is 6.71. The van der Waals surface area contributed by atoms with E-state index >= 15 is 0 Å². The van der Waals surface area contributed by atoms with Crippen LogP contribution in [0.2, 0.25) is 0 Å². The van der Waals surface area contributed by atoms with E-state index in [2.05, 4.69) is 65.8 Å². The van der Waals surface area contributed by atoms with Gasteiger partial charge in [-0.1, -0.05) is 66.2 Å². The predicted octanol–water partition coefficient (Wildman–Crippen LogP) is 5.01. The van der Waals surface area contributed by atoms with Gasteiger partial charge in [0.05, 0.1) is 19.8 Å². The maximum absolute atomic E-state index is 10.7. The summed E-state index contributed by atoms with van der Waals surface area (Å²) in [7, 11) is 1.59. The summed E-state index contributed by atoms with van der Waals surface area (Å²) in [4.78, 5) is 8.45. The molecule has 2 atom stereocenters.